The van der Waals surface area contributed by atoms with Crippen molar-refractivity contribution in [3.05, 3.63) is 48.6 Å². The zero-order valence-electron chi connectivity index (χ0n) is 37.8. The van der Waals surface area contributed by atoms with E-state index in [0.717, 1.165) is 57.8 Å². The van der Waals surface area contributed by atoms with Gasteiger partial charge < -0.3 is 21.1 Å². The molecule has 0 aliphatic carbocycles. The number of hydrogen-bond acceptors (Lipinski definition) is 6. The molecule has 0 radical (unpaired) electrons. The minimum Gasteiger partial charge on any atom is -0.387 e. The highest BCUT2D eigenvalue weighted by Gasteiger charge is 2.26. The second-order valence-electron chi connectivity index (χ2n) is 16.3. The highest BCUT2D eigenvalue weighted by atomic mass is 31.2. The number of nitrogens with two attached hydrogens (primary N) is 1. The number of phosphoric acid groups is 1. The normalized spacial score (nSPS) is 14.4. The number of allylic oxidation sites excluding steroid dienone is 7. The van der Waals surface area contributed by atoms with Crippen LogP contribution < -0.4 is 11.1 Å². The van der Waals surface area contributed by atoms with E-state index in [1.54, 1.807) is 6.08 Å². The quantitative estimate of drug-likeness (QED) is 0.0273. The molecule has 0 saturated carbocycles. The van der Waals surface area contributed by atoms with Crippen LogP contribution in [-0.2, 0) is 18.4 Å². The third kappa shape index (κ3) is 42.6. The Hall–Kier alpha value is -1.54. The Balaban J connectivity index is 4.20. The van der Waals surface area contributed by atoms with Crippen LogP contribution in [0.5, 0.6) is 0 Å². The van der Waals surface area contributed by atoms with Gasteiger partial charge >= 0.3 is 7.82 Å². The number of phosphoric ester groups is 1. The van der Waals surface area contributed by atoms with Gasteiger partial charge in [-0.15, -0.1) is 0 Å². The van der Waals surface area contributed by atoms with E-state index in [4.69, 9.17) is 14.8 Å². The Morgan fingerprint density at radius 3 is 1.45 bits per heavy atom. The standard InChI is InChI=1S/C49H93N2O6P/c1-3-5-7-9-11-13-15-17-19-21-23-24-25-26-28-30-32-34-36-38-40-42-48(52)47(46-57-58(54,55)56-45-44-50)51-49(53)43-41-39-37-35-33-31-29-27-22-20-18-16-14-12-10-8-6-4-2/h14,16,20,22,32,34,40,42,47-48,52H,3-13,15,17-19,21,23-31,33,35-39,41,43-46,50H2,1-2H3,(H,51,53)(H,54,55)/b16-14-,22-20-,34-32+,42-40+. The lowest BCUT2D eigenvalue weighted by Crippen LogP contribution is -2.45. The van der Waals surface area contributed by atoms with Crippen LogP contribution in [0.1, 0.15) is 226 Å². The maximum Gasteiger partial charge on any atom is 0.472 e. The first-order chi connectivity index (χ1) is 28.4. The van der Waals surface area contributed by atoms with Crippen molar-refractivity contribution in [2.45, 2.75) is 238 Å². The number of amides is 1. The molecule has 5 N–H and O–H groups in total. The number of aliphatic hydroxyl groups excluding tert-OH is 1. The summed E-state index contributed by atoms with van der Waals surface area (Å²) in [5.74, 6) is -0.212. The highest BCUT2D eigenvalue weighted by Crippen LogP contribution is 2.43. The number of rotatable bonds is 45. The van der Waals surface area contributed by atoms with Crippen LogP contribution in [0.15, 0.2) is 48.6 Å². The zero-order valence-corrected chi connectivity index (χ0v) is 38.7. The average molecular weight is 837 g/mol. The molecule has 0 aliphatic rings. The fraction of sp³-hybridized carbons (Fsp3) is 0.816. The monoisotopic (exact) mass is 837 g/mol. The van der Waals surface area contributed by atoms with Crippen molar-refractivity contribution in [1.29, 1.82) is 0 Å². The summed E-state index contributed by atoms with van der Waals surface area (Å²) >= 11 is 0. The molecule has 0 saturated heterocycles. The van der Waals surface area contributed by atoms with Gasteiger partial charge in [0.25, 0.3) is 0 Å². The van der Waals surface area contributed by atoms with E-state index in [2.05, 4.69) is 55.6 Å². The van der Waals surface area contributed by atoms with Crippen molar-refractivity contribution in [3.8, 4) is 0 Å². The number of carbonyl (C=O) groups excluding carboxylic acids is 1. The van der Waals surface area contributed by atoms with Gasteiger partial charge in [-0.1, -0.05) is 204 Å². The molecule has 340 valence electrons. The fourth-order valence-corrected chi connectivity index (χ4v) is 7.70. The Morgan fingerprint density at radius 1 is 0.569 bits per heavy atom. The van der Waals surface area contributed by atoms with Gasteiger partial charge in [-0.25, -0.2) is 4.57 Å². The summed E-state index contributed by atoms with van der Waals surface area (Å²) in [6.07, 6.45) is 56.0. The van der Waals surface area contributed by atoms with Crippen molar-refractivity contribution in [2.75, 3.05) is 19.8 Å². The molecule has 1 amide bonds. The molecule has 0 aromatic rings. The van der Waals surface area contributed by atoms with E-state index in [1.165, 1.54) is 148 Å². The van der Waals surface area contributed by atoms with Crippen LogP contribution in [0.4, 0.5) is 0 Å². The third-order valence-electron chi connectivity index (χ3n) is 10.6. The lowest BCUT2D eigenvalue weighted by molar-refractivity contribution is -0.123. The second-order valence-corrected chi connectivity index (χ2v) is 17.8. The topological polar surface area (TPSA) is 131 Å². The number of unbranched alkanes of at least 4 members (excludes halogenated alkanes) is 27. The van der Waals surface area contributed by atoms with Crippen molar-refractivity contribution in [1.82, 2.24) is 5.32 Å². The first-order valence-corrected chi connectivity index (χ1v) is 25.8. The predicted molar refractivity (Wildman–Crippen MR) is 249 cm³/mol. The van der Waals surface area contributed by atoms with Crippen LogP contribution in [-0.4, -0.2) is 47.8 Å². The molecule has 0 aliphatic heterocycles. The summed E-state index contributed by atoms with van der Waals surface area (Å²) in [5.41, 5.74) is 5.38. The van der Waals surface area contributed by atoms with Crippen LogP contribution in [0.2, 0.25) is 0 Å². The van der Waals surface area contributed by atoms with Crippen LogP contribution in [0.3, 0.4) is 0 Å². The van der Waals surface area contributed by atoms with E-state index < -0.39 is 20.0 Å². The Kier molecular flexibility index (Phi) is 43.8. The molecule has 9 heteroatoms. The summed E-state index contributed by atoms with van der Waals surface area (Å²) < 4.78 is 22.2. The van der Waals surface area contributed by atoms with E-state index in [1.807, 2.05) is 6.08 Å². The molecule has 58 heavy (non-hydrogen) atoms. The maximum atomic E-state index is 12.8. The second kappa shape index (κ2) is 45.0. The summed E-state index contributed by atoms with van der Waals surface area (Å²) in [7, 11) is -4.35. The molecule has 8 nitrogen and oxygen atoms in total. The van der Waals surface area contributed by atoms with Crippen molar-refractivity contribution in [3.63, 3.8) is 0 Å². The zero-order chi connectivity index (χ0) is 42.5. The smallest absolute Gasteiger partial charge is 0.387 e. The maximum absolute atomic E-state index is 12.8. The number of carbonyl (C=O) groups is 1. The molecule has 0 rings (SSSR count). The number of hydrogen-bond donors (Lipinski definition) is 4. The van der Waals surface area contributed by atoms with Crippen LogP contribution in [0.25, 0.3) is 0 Å². The van der Waals surface area contributed by atoms with Crippen molar-refractivity contribution in [2.24, 2.45) is 5.73 Å². The van der Waals surface area contributed by atoms with Crippen LogP contribution in [0, 0.1) is 0 Å². The molecule has 0 spiro atoms. The van der Waals surface area contributed by atoms with Gasteiger partial charge in [0.05, 0.1) is 25.4 Å². The fourth-order valence-electron chi connectivity index (χ4n) is 6.94. The van der Waals surface area contributed by atoms with E-state index in [0.29, 0.717) is 6.42 Å². The summed E-state index contributed by atoms with van der Waals surface area (Å²) in [4.78, 5) is 22.8. The molecule has 0 bridgehead atoms. The van der Waals surface area contributed by atoms with Crippen LogP contribution >= 0.6 is 7.82 Å². The van der Waals surface area contributed by atoms with Crippen molar-refractivity contribution < 1.29 is 28.4 Å². The van der Waals surface area contributed by atoms with Crippen molar-refractivity contribution >= 4 is 13.7 Å². The summed E-state index contributed by atoms with van der Waals surface area (Å²) in [6, 6.07) is -0.882. The SMILES string of the molecule is CCCCCC/C=C\C/C=C\CCCCCCCCCC(=O)NC(COP(=O)(O)OCCN)C(O)/C=C/CC/C=C/CCCCCCCCCCCCCCCCC. The minimum atomic E-state index is -4.35. The minimum absolute atomic E-state index is 0.0715. The first kappa shape index (κ1) is 56.5. The molecule has 3 atom stereocenters. The van der Waals surface area contributed by atoms with Gasteiger partial charge in [0.15, 0.2) is 0 Å². The molecule has 0 aromatic heterocycles. The molecular weight excluding hydrogens is 744 g/mol. The average Bonchev–Trinajstić information content (AvgIpc) is 3.21. The Morgan fingerprint density at radius 2 is 0.966 bits per heavy atom. The largest absolute Gasteiger partial charge is 0.472 e. The number of nitrogens with one attached hydrogen (secondary N) is 1. The third-order valence-corrected chi connectivity index (χ3v) is 11.6. The summed E-state index contributed by atoms with van der Waals surface area (Å²) in [5, 5.41) is 13.7. The van der Waals surface area contributed by atoms with E-state index in [9.17, 15) is 19.4 Å². The molecule has 0 heterocycles. The van der Waals surface area contributed by atoms with Gasteiger partial charge in [0.1, 0.15) is 0 Å². The first-order valence-electron chi connectivity index (χ1n) is 24.3. The predicted octanol–water partition coefficient (Wildman–Crippen LogP) is 14.1. The van der Waals surface area contributed by atoms with Gasteiger partial charge in [-0.2, -0.15) is 0 Å². The molecule has 0 aromatic carbocycles. The Bertz CT molecular complexity index is 1050. The molecule has 0 fully saturated rings. The van der Waals surface area contributed by atoms with E-state index in [-0.39, 0.29) is 25.7 Å². The molecule has 3 unspecified atom stereocenters. The highest BCUT2D eigenvalue weighted by molar-refractivity contribution is 7.47. The van der Waals surface area contributed by atoms with Gasteiger partial charge in [0.2, 0.25) is 5.91 Å². The lowest BCUT2D eigenvalue weighted by atomic mass is 10.0. The van der Waals surface area contributed by atoms with E-state index >= 15 is 0 Å². The van der Waals surface area contributed by atoms with Gasteiger partial charge in [0, 0.05) is 13.0 Å². The lowest BCUT2D eigenvalue weighted by Gasteiger charge is -2.23. The van der Waals surface area contributed by atoms with Gasteiger partial charge in [-0.05, 0) is 64.2 Å². The summed E-state index contributed by atoms with van der Waals surface area (Å²) in [6.45, 7) is 4.11. The number of aliphatic hydroxyl groups is 1. The molecular formula is C49H93N2O6P. The van der Waals surface area contributed by atoms with Gasteiger partial charge in [-0.3, -0.25) is 13.8 Å². The Labute approximate surface area is 358 Å².